The lowest BCUT2D eigenvalue weighted by molar-refractivity contribution is -0.140. The van der Waals surface area contributed by atoms with Gasteiger partial charge in [0.15, 0.2) is 11.5 Å². The molecule has 1 aliphatic heterocycles. The van der Waals surface area contributed by atoms with Crippen LogP contribution >= 0.6 is 0 Å². The highest BCUT2D eigenvalue weighted by Gasteiger charge is 2.46. The first kappa shape index (κ1) is 27.2. The number of aliphatic hydroxyl groups is 1. The van der Waals surface area contributed by atoms with E-state index in [1.165, 1.54) is 62.5 Å². The molecule has 0 aliphatic carbocycles. The number of aliphatic hydroxyl groups excluding tert-OH is 1. The maximum atomic E-state index is 13.1. The first-order chi connectivity index (χ1) is 17.0. The van der Waals surface area contributed by atoms with Crippen LogP contribution in [0.4, 0.5) is 0 Å². The highest BCUT2D eigenvalue weighted by atomic mass is 32.2. The molecular weight excluding hydrogens is 488 g/mol. The van der Waals surface area contributed by atoms with Crippen molar-refractivity contribution in [3.63, 3.8) is 0 Å². The van der Waals surface area contributed by atoms with Crippen molar-refractivity contribution in [2.24, 2.45) is 0 Å². The number of ether oxygens (including phenoxy) is 2. The summed E-state index contributed by atoms with van der Waals surface area (Å²) in [5.74, 6) is -2.01. The molecule has 0 radical (unpaired) electrons. The molecule has 10 nitrogen and oxygen atoms in total. The minimum atomic E-state index is -3.69. The number of nitrogens with zero attached hydrogens (tertiary/aromatic N) is 2. The molecule has 0 bridgehead atoms. The van der Waals surface area contributed by atoms with Gasteiger partial charge >= 0.3 is 0 Å². The van der Waals surface area contributed by atoms with Crippen LogP contribution in [-0.2, 0) is 24.3 Å². The van der Waals surface area contributed by atoms with E-state index in [-0.39, 0.29) is 40.7 Å². The van der Waals surface area contributed by atoms with E-state index in [4.69, 9.17) is 9.47 Å². The Morgan fingerprint density at radius 1 is 1.11 bits per heavy atom. The Hall–Kier alpha value is -3.41. The number of phenols is 1. The largest absolute Gasteiger partial charge is 0.507 e. The maximum Gasteiger partial charge on any atom is 0.295 e. The lowest BCUT2D eigenvalue weighted by Gasteiger charge is -2.25. The number of phenolic OH excluding ortho intramolecular Hbond substituents is 1. The normalized spacial score (nSPS) is 17.7. The number of Topliss-reactive ketones (excluding diaryl/α,β-unsaturated/α-hetero) is 1. The third-order valence-electron chi connectivity index (χ3n) is 5.79. The number of benzene rings is 2. The Bertz CT molecular complexity index is 1270. The summed E-state index contributed by atoms with van der Waals surface area (Å²) in [6.45, 7) is 2.58. The van der Waals surface area contributed by atoms with E-state index >= 15 is 0 Å². The van der Waals surface area contributed by atoms with Crippen LogP contribution in [0.25, 0.3) is 5.76 Å². The molecule has 36 heavy (non-hydrogen) atoms. The number of amides is 1. The van der Waals surface area contributed by atoms with Crippen LogP contribution in [0.5, 0.6) is 11.5 Å². The minimum absolute atomic E-state index is 0.0144. The van der Waals surface area contributed by atoms with E-state index < -0.39 is 33.5 Å². The summed E-state index contributed by atoms with van der Waals surface area (Å²) in [6.07, 6.45) is 0.452. The van der Waals surface area contributed by atoms with Crippen LogP contribution in [-0.4, -0.2) is 80.5 Å². The third kappa shape index (κ3) is 5.23. The second-order valence-corrected chi connectivity index (χ2v) is 10.5. The standard InChI is InChI=1S/C25H30N2O8S/c1-5-35-20-15-17(9-12-19(20)28)22-21(24(30)25(31)27(22)13-6-14-34-4)23(29)16-7-10-18(11-8-16)36(32,33)26(2)3/h7-12,15,22,28-29H,5-6,13-14H2,1-4H3/b23-21-. The highest BCUT2D eigenvalue weighted by molar-refractivity contribution is 7.89. The molecule has 194 valence electrons. The van der Waals surface area contributed by atoms with Crippen molar-refractivity contribution in [2.75, 3.05) is 41.0 Å². The van der Waals surface area contributed by atoms with Crippen molar-refractivity contribution >= 4 is 27.5 Å². The molecule has 1 unspecified atom stereocenters. The number of likely N-dealkylation sites (tertiary alicyclic amines) is 1. The fourth-order valence-corrected chi connectivity index (χ4v) is 4.86. The van der Waals surface area contributed by atoms with Gasteiger partial charge in [-0.15, -0.1) is 0 Å². The number of methoxy groups -OCH3 is 1. The van der Waals surface area contributed by atoms with E-state index in [0.717, 1.165) is 4.31 Å². The summed E-state index contributed by atoms with van der Waals surface area (Å²) in [7, 11) is 0.648. The Balaban J connectivity index is 2.14. The molecular formula is C25H30N2O8S. The van der Waals surface area contributed by atoms with Crippen LogP contribution < -0.4 is 4.74 Å². The van der Waals surface area contributed by atoms with Gasteiger partial charge in [-0.2, -0.15) is 0 Å². The smallest absolute Gasteiger partial charge is 0.295 e. The van der Waals surface area contributed by atoms with Gasteiger partial charge in [-0.05, 0) is 55.3 Å². The number of aromatic hydroxyl groups is 1. The lowest BCUT2D eigenvalue weighted by Crippen LogP contribution is -2.31. The Kier molecular flexibility index (Phi) is 8.39. The van der Waals surface area contributed by atoms with Gasteiger partial charge < -0.3 is 24.6 Å². The van der Waals surface area contributed by atoms with E-state index in [0.29, 0.717) is 18.6 Å². The molecule has 1 amide bonds. The van der Waals surface area contributed by atoms with Gasteiger partial charge in [-0.25, -0.2) is 12.7 Å². The minimum Gasteiger partial charge on any atom is -0.507 e. The molecule has 2 aromatic carbocycles. The quantitative estimate of drug-likeness (QED) is 0.212. The summed E-state index contributed by atoms with van der Waals surface area (Å²) in [4.78, 5) is 27.5. The van der Waals surface area contributed by atoms with E-state index in [2.05, 4.69) is 0 Å². The molecule has 1 fully saturated rings. The Morgan fingerprint density at radius 3 is 2.36 bits per heavy atom. The summed E-state index contributed by atoms with van der Waals surface area (Å²) in [6, 6.07) is 8.93. The molecule has 0 spiro atoms. The van der Waals surface area contributed by atoms with E-state index in [9.17, 15) is 28.2 Å². The average molecular weight is 519 g/mol. The summed E-state index contributed by atoms with van der Waals surface area (Å²) in [5, 5.41) is 21.3. The SMILES string of the molecule is CCOc1cc(C2/C(=C(/O)c3ccc(S(=O)(=O)N(C)C)cc3)C(=O)C(=O)N2CCCOC)ccc1O. The van der Waals surface area contributed by atoms with Gasteiger partial charge in [-0.3, -0.25) is 9.59 Å². The third-order valence-corrected chi connectivity index (χ3v) is 7.62. The van der Waals surface area contributed by atoms with Crippen molar-refractivity contribution in [3.8, 4) is 11.5 Å². The zero-order valence-corrected chi connectivity index (χ0v) is 21.4. The second-order valence-electron chi connectivity index (χ2n) is 8.31. The molecule has 2 aromatic rings. The number of ketones is 1. The van der Waals surface area contributed by atoms with Gasteiger partial charge in [0.25, 0.3) is 11.7 Å². The summed E-state index contributed by atoms with van der Waals surface area (Å²) in [5.41, 5.74) is 0.492. The molecule has 1 atom stereocenters. The first-order valence-electron chi connectivity index (χ1n) is 11.3. The number of rotatable bonds is 10. The molecule has 3 rings (SSSR count). The maximum absolute atomic E-state index is 13.1. The number of sulfonamides is 1. The van der Waals surface area contributed by atoms with Crippen molar-refractivity contribution in [3.05, 3.63) is 59.2 Å². The van der Waals surface area contributed by atoms with Gasteiger partial charge in [0.2, 0.25) is 10.0 Å². The average Bonchev–Trinajstić information content (AvgIpc) is 3.10. The molecule has 0 aromatic heterocycles. The van der Waals surface area contributed by atoms with Crippen molar-refractivity contribution in [1.82, 2.24) is 9.21 Å². The fourth-order valence-electron chi connectivity index (χ4n) is 3.96. The van der Waals surface area contributed by atoms with Gasteiger partial charge in [-0.1, -0.05) is 6.07 Å². The molecule has 1 saturated heterocycles. The summed E-state index contributed by atoms with van der Waals surface area (Å²) >= 11 is 0. The van der Waals surface area contributed by atoms with E-state index in [1.807, 2.05) is 0 Å². The topological polar surface area (TPSA) is 134 Å². The van der Waals surface area contributed by atoms with Crippen LogP contribution in [0, 0.1) is 0 Å². The highest BCUT2D eigenvalue weighted by Crippen LogP contribution is 2.42. The zero-order chi connectivity index (χ0) is 26.6. The van der Waals surface area contributed by atoms with Crippen molar-refractivity contribution in [1.29, 1.82) is 0 Å². The second kappa shape index (κ2) is 11.1. The molecule has 0 saturated carbocycles. The molecule has 1 aliphatic rings. The Morgan fingerprint density at radius 2 is 1.78 bits per heavy atom. The predicted octanol–water partition coefficient (Wildman–Crippen LogP) is 2.50. The van der Waals surface area contributed by atoms with Crippen molar-refractivity contribution < 1.29 is 37.7 Å². The molecule has 11 heteroatoms. The van der Waals surface area contributed by atoms with Crippen LogP contribution in [0.15, 0.2) is 52.9 Å². The van der Waals surface area contributed by atoms with E-state index in [1.54, 1.807) is 13.0 Å². The van der Waals surface area contributed by atoms with Crippen LogP contribution in [0.2, 0.25) is 0 Å². The lowest BCUT2D eigenvalue weighted by atomic mass is 9.95. The summed E-state index contributed by atoms with van der Waals surface area (Å²) < 4.78 is 36.4. The number of hydrogen-bond donors (Lipinski definition) is 2. The number of carbonyl (C=O) groups is 2. The van der Waals surface area contributed by atoms with Gasteiger partial charge in [0, 0.05) is 39.9 Å². The monoisotopic (exact) mass is 518 g/mol. The van der Waals surface area contributed by atoms with Crippen molar-refractivity contribution in [2.45, 2.75) is 24.3 Å². The first-order valence-corrected chi connectivity index (χ1v) is 12.7. The van der Waals surface area contributed by atoms with Crippen LogP contribution in [0.3, 0.4) is 0 Å². The Labute approximate surface area is 210 Å². The number of carbonyl (C=O) groups excluding carboxylic acids is 2. The number of hydrogen-bond acceptors (Lipinski definition) is 8. The fraction of sp³-hybridized carbons (Fsp3) is 0.360. The zero-order valence-electron chi connectivity index (χ0n) is 20.6. The molecule has 2 N–H and O–H groups in total. The van der Waals surface area contributed by atoms with Gasteiger partial charge in [0.1, 0.15) is 5.76 Å². The molecule has 1 heterocycles. The predicted molar refractivity (Wildman–Crippen MR) is 132 cm³/mol. The van der Waals surface area contributed by atoms with Gasteiger partial charge in [0.05, 0.1) is 23.1 Å². The van der Waals surface area contributed by atoms with Crippen LogP contribution in [0.1, 0.15) is 30.5 Å².